The molecule has 0 aromatic heterocycles. The molecule has 3 rings (SSSR count). The van der Waals surface area contributed by atoms with Gasteiger partial charge in [0.2, 0.25) is 0 Å². The summed E-state index contributed by atoms with van der Waals surface area (Å²) in [6, 6.07) is 9.63. The normalized spacial score (nSPS) is 38.9. The average Bonchev–Trinajstić information content (AvgIpc) is 2.85. The smallest absolute Gasteiger partial charge is 0.186 e. The van der Waals surface area contributed by atoms with Gasteiger partial charge in [-0.15, -0.1) is 0 Å². The average molecular weight is 252 g/mol. The van der Waals surface area contributed by atoms with E-state index in [-0.39, 0.29) is 0 Å². The van der Waals surface area contributed by atoms with Crippen molar-refractivity contribution in [2.45, 2.75) is 37.3 Å². The molecule has 2 aliphatic rings. The first-order chi connectivity index (χ1) is 8.75. The summed E-state index contributed by atoms with van der Waals surface area (Å²) in [5, 5.41) is 20.0. The highest BCUT2D eigenvalue weighted by atomic mass is 16.7. The van der Waals surface area contributed by atoms with Crippen molar-refractivity contribution >= 4 is 0 Å². The van der Waals surface area contributed by atoms with Gasteiger partial charge in [0.15, 0.2) is 6.29 Å². The molecule has 2 saturated heterocycles. The number of aliphatic hydroxyl groups excluding tert-OH is 2. The third-order valence-corrected chi connectivity index (χ3v) is 3.35. The van der Waals surface area contributed by atoms with Crippen molar-refractivity contribution in [1.29, 1.82) is 0 Å². The predicted octanol–water partition coefficient (Wildman–Crippen LogP) is 0.0487. The lowest BCUT2D eigenvalue weighted by Gasteiger charge is -2.35. The van der Waals surface area contributed by atoms with Crippen LogP contribution in [0.2, 0.25) is 0 Å². The summed E-state index contributed by atoms with van der Waals surface area (Å²) < 4.78 is 16.1. The fraction of sp³-hybridized carbons (Fsp3) is 0.538. The highest BCUT2D eigenvalue weighted by molar-refractivity contribution is 5.13. The SMILES string of the molecule is O[C@H]1[C@H]2OC[C@H](O2)[C@@H](O)[C@@H]1OCc1ccccc1. The summed E-state index contributed by atoms with van der Waals surface area (Å²) in [7, 11) is 0. The minimum atomic E-state index is -0.956. The first-order valence-corrected chi connectivity index (χ1v) is 6.04. The van der Waals surface area contributed by atoms with Crippen LogP contribution in [-0.2, 0) is 20.8 Å². The van der Waals surface area contributed by atoms with Crippen molar-refractivity contribution in [2.24, 2.45) is 0 Å². The number of hydrogen-bond donors (Lipinski definition) is 2. The van der Waals surface area contributed by atoms with E-state index >= 15 is 0 Å². The van der Waals surface area contributed by atoms with Crippen LogP contribution in [0.5, 0.6) is 0 Å². The van der Waals surface area contributed by atoms with E-state index in [9.17, 15) is 10.2 Å². The van der Waals surface area contributed by atoms with E-state index in [1.165, 1.54) is 0 Å². The van der Waals surface area contributed by atoms with Gasteiger partial charge < -0.3 is 24.4 Å². The topological polar surface area (TPSA) is 68.2 Å². The van der Waals surface area contributed by atoms with Crippen molar-refractivity contribution in [3.05, 3.63) is 35.9 Å². The summed E-state index contributed by atoms with van der Waals surface area (Å²) in [6.45, 7) is 0.646. The Labute approximate surface area is 105 Å². The third-order valence-electron chi connectivity index (χ3n) is 3.35. The van der Waals surface area contributed by atoms with Gasteiger partial charge in [0, 0.05) is 0 Å². The monoisotopic (exact) mass is 252 g/mol. The van der Waals surface area contributed by atoms with Crippen LogP contribution < -0.4 is 0 Å². The van der Waals surface area contributed by atoms with Crippen molar-refractivity contribution in [3.63, 3.8) is 0 Å². The fourth-order valence-electron chi connectivity index (χ4n) is 2.33. The number of rotatable bonds is 3. The number of ether oxygens (including phenoxy) is 3. The van der Waals surface area contributed by atoms with Crippen LogP contribution in [0.4, 0.5) is 0 Å². The molecule has 2 N–H and O–H groups in total. The van der Waals surface area contributed by atoms with Gasteiger partial charge in [-0.3, -0.25) is 0 Å². The van der Waals surface area contributed by atoms with Gasteiger partial charge in [-0.25, -0.2) is 0 Å². The Morgan fingerprint density at radius 1 is 1.17 bits per heavy atom. The molecule has 0 radical (unpaired) electrons. The number of fused-ring (bicyclic) bond motifs is 2. The lowest BCUT2D eigenvalue weighted by Crippen LogP contribution is -2.54. The molecular formula is C13H16O5. The molecule has 98 valence electrons. The fourth-order valence-corrected chi connectivity index (χ4v) is 2.33. The maximum Gasteiger partial charge on any atom is 0.186 e. The van der Waals surface area contributed by atoms with Crippen LogP contribution in [0, 0.1) is 0 Å². The lowest BCUT2D eigenvalue weighted by atomic mass is 10.0. The Morgan fingerprint density at radius 3 is 2.72 bits per heavy atom. The highest BCUT2D eigenvalue weighted by Crippen LogP contribution is 2.30. The second kappa shape index (κ2) is 4.95. The first kappa shape index (κ1) is 12.1. The second-order valence-electron chi connectivity index (χ2n) is 4.62. The Morgan fingerprint density at radius 2 is 1.94 bits per heavy atom. The molecule has 0 amide bonds. The molecule has 5 atom stereocenters. The van der Waals surface area contributed by atoms with E-state index in [0.717, 1.165) is 5.56 Å². The van der Waals surface area contributed by atoms with Crippen molar-refractivity contribution in [3.8, 4) is 0 Å². The molecule has 0 spiro atoms. The van der Waals surface area contributed by atoms with E-state index in [4.69, 9.17) is 14.2 Å². The zero-order valence-corrected chi connectivity index (χ0v) is 9.81. The van der Waals surface area contributed by atoms with Gasteiger partial charge in [-0.1, -0.05) is 30.3 Å². The van der Waals surface area contributed by atoms with Crippen LogP contribution in [-0.4, -0.2) is 47.5 Å². The summed E-state index contributed by atoms with van der Waals surface area (Å²) in [6.07, 6.45) is -3.57. The van der Waals surface area contributed by atoms with Crippen molar-refractivity contribution < 1.29 is 24.4 Å². The van der Waals surface area contributed by atoms with E-state index in [0.29, 0.717) is 13.2 Å². The van der Waals surface area contributed by atoms with Crippen molar-refractivity contribution in [1.82, 2.24) is 0 Å². The lowest BCUT2D eigenvalue weighted by molar-refractivity contribution is -0.242. The summed E-state index contributed by atoms with van der Waals surface area (Å²) in [5.41, 5.74) is 0.997. The third kappa shape index (κ3) is 2.15. The first-order valence-electron chi connectivity index (χ1n) is 6.04. The number of benzene rings is 1. The molecule has 0 aliphatic carbocycles. The van der Waals surface area contributed by atoms with Crippen LogP contribution in [0.1, 0.15) is 5.56 Å². The van der Waals surface area contributed by atoms with E-state index in [2.05, 4.69) is 0 Å². The molecule has 2 fully saturated rings. The molecule has 2 aliphatic heterocycles. The quantitative estimate of drug-likeness (QED) is 0.795. The standard InChI is InChI=1S/C13H16O5/c14-10-9-7-17-13(18-9)11(15)12(10)16-6-8-4-2-1-3-5-8/h1-5,9-15H,6-7H2/t9-,10+,11+,12-,13-/m0/s1. The van der Waals surface area contributed by atoms with Gasteiger partial charge in [0.05, 0.1) is 13.2 Å². The zero-order valence-electron chi connectivity index (χ0n) is 9.81. The maximum atomic E-state index is 10.0. The number of aliphatic hydroxyl groups is 2. The molecular weight excluding hydrogens is 236 g/mol. The van der Waals surface area contributed by atoms with E-state index in [1.54, 1.807) is 0 Å². The Hall–Kier alpha value is -0.980. The van der Waals surface area contributed by atoms with Gasteiger partial charge >= 0.3 is 0 Å². The summed E-state index contributed by atoms with van der Waals surface area (Å²) in [4.78, 5) is 0. The van der Waals surface area contributed by atoms with E-state index in [1.807, 2.05) is 30.3 Å². The molecule has 1 aromatic carbocycles. The predicted molar refractivity (Wildman–Crippen MR) is 61.6 cm³/mol. The molecule has 18 heavy (non-hydrogen) atoms. The summed E-state index contributed by atoms with van der Waals surface area (Å²) in [5.74, 6) is 0. The van der Waals surface area contributed by atoms with Gasteiger partial charge in [-0.05, 0) is 5.56 Å². The zero-order chi connectivity index (χ0) is 12.5. The largest absolute Gasteiger partial charge is 0.387 e. The molecule has 0 saturated carbocycles. The van der Waals surface area contributed by atoms with Crippen LogP contribution in [0.25, 0.3) is 0 Å². The molecule has 2 bridgehead atoms. The maximum absolute atomic E-state index is 10.0. The minimum absolute atomic E-state index is 0.300. The molecule has 0 unspecified atom stereocenters. The van der Waals surface area contributed by atoms with Crippen LogP contribution >= 0.6 is 0 Å². The second-order valence-corrected chi connectivity index (χ2v) is 4.62. The molecule has 1 aromatic rings. The number of hydrogen-bond acceptors (Lipinski definition) is 5. The Balaban J connectivity index is 1.65. The van der Waals surface area contributed by atoms with Gasteiger partial charge in [-0.2, -0.15) is 0 Å². The molecule has 5 nitrogen and oxygen atoms in total. The van der Waals surface area contributed by atoms with Crippen LogP contribution in [0.15, 0.2) is 30.3 Å². The summed E-state index contributed by atoms with van der Waals surface area (Å²) >= 11 is 0. The van der Waals surface area contributed by atoms with Crippen molar-refractivity contribution in [2.75, 3.05) is 6.61 Å². The van der Waals surface area contributed by atoms with E-state index < -0.39 is 30.7 Å². The van der Waals surface area contributed by atoms with Gasteiger partial charge in [0.1, 0.15) is 24.4 Å². The molecule has 5 heteroatoms. The highest BCUT2D eigenvalue weighted by Gasteiger charge is 2.50. The van der Waals surface area contributed by atoms with Crippen LogP contribution in [0.3, 0.4) is 0 Å². The van der Waals surface area contributed by atoms with Gasteiger partial charge in [0.25, 0.3) is 0 Å². The molecule has 2 heterocycles. The minimum Gasteiger partial charge on any atom is -0.387 e. The Kier molecular flexibility index (Phi) is 3.32. The Bertz CT molecular complexity index is 380.